The Hall–Kier alpha value is -2.29. The van der Waals surface area contributed by atoms with E-state index >= 15 is 0 Å². The number of nitrogens with one attached hydrogen (secondary N) is 1. The van der Waals surface area contributed by atoms with Crippen molar-refractivity contribution in [1.82, 2.24) is 15.2 Å². The molecule has 0 spiro atoms. The fourth-order valence-electron chi connectivity index (χ4n) is 2.92. The number of pyridine rings is 1. The van der Waals surface area contributed by atoms with Gasteiger partial charge in [0.2, 0.25) is 0 Å². The largest absolute Gasteiger partial charge is 0.368 e. The number of fused-ring (bicyclic) bond motifs is 1. The van der Waals surface area contributed by atoms with E-state index in [-0.39, 0.29) is 18.1 Å². The minimum Gasteiger partial charge on any atom is -0.368 e. The SMILES string of the molecule is CN1C(=O)N[C@@H]2CN(c3ccncc3C#N)CC[C@@H]21. The first-order valence-electron chi connectivity index (χ1n) is 6.33. The van der Waals surface area contributed by atoms with Gasteiger partial charge in [-0.3, -0.25) is 4.98 Å². The second-order valence-corrected chi connectivity index (χ2v) is 4.97. The van der Waals surface area contributed by atoms with E-state index < -0.39 is 0 Å². The highest BCUT2D eigenvalue weighted by Gasteiger charge is 2.40. The van der Waals surface area contributed by atoms with E-state index in [1.807, 2.05) is 13.1 Å². The van der Waals surface area contributed by atoms with Gasteiger partial charge in [0.05, 0.1) is 23.3 Å². The Morgan fingerprint density at radius 2 is 2.42 bits per heavy atom. The van der Waals surface area contributed by atoms with Crippen molar-refractivity contribution in [3.05, 3.63) is 24.0 Å². The smallest absolute Gasteiger partial charge is 0.317 e. The van der Waals surface area contributed by atoms with Crippen LogP contribution in [-0.4, -0.2) is 48.1 Å². The molecule has 2 aliphatic rings. The summed E-state index contributed by atoms with van der Waals surface area (Å²) in [6.07, 6.45) is 4.19. The summed E-state index contributed by atoms with van der Waals surface area (Å²) in [5.74, 6) is 0. The molecule has 1 aromatic rings. The molecule has 2 aliphatic heterocycles. The molecule has 19 heavy (non-hydrogen) atoms. The number of hydrogen-bond donors (Lipinski definition) is 1. The van der Waals surface area contributed by atoms with E-state index in [1.54, 1.807) is 17.3 Å². The Kier molecular flexibility index (Phi) is 2.75. The van der Waals surface area contributed by atoms with E-state index in [2.05, 4.69) is 21.3 Å². The number of anilines is 1. The van der Waals surface area contributed by atoms with Crippen LogP contribution in [0.1, 0.15) is 12.0 Å². The molecule has 0 aromatic carbocycles. The zero-order valence-corrected chi connectivity index (χ0v) is 10.7. The van der Waals surface area contributed by atoms with Crippen molar-refractivity contribution in [3.63, 3.8) is 0 Å². The standard InChI is InChI=1S/C13H15N5O/c1-17-12-3-5-18(8-10(12)16-13(17)19)11-2-4-15-7-9(11)6-14/h2,4,7,10,12H,3,5,8H2,1H3,(H,16,19)/t10-,12+/m1/s1. The lowest BCUT2D eigenvalue weighted by molar-refractivity contribution is 0.212. The lowest BCUT2D eigenvalue weighted by Crippen LogP contribution is -2.51. The van der Waals surface area contributed by atoms with Crippen molar-refractivity contribution in [2.75, 3.05) is 25.0 Å². The molecule has 0 bridgehead atoms. The molecule has 2 atom stereocenters. The number of rotatable bonds is 1. The molecule has 6 nitrogen and oxygen atoms in total. The number of likely N-dealkylation sites (N-methyl/N-ethyl adjacent to an activating group) is 1. The van der Waals surface area contributed by atoms with E-state index in [9.17, 15) is 4.79 Å². The van der Waals surface area contributed by atoms with Crippen molar-refractivity contribution in [1.29, 1.82) is 5.26 Å². The molecule has 0 aliphatic carbocycles. The molecule has 98 valence electrons. The Bertz CT molecular complexity index is 552. The normalized spacial score (nSPS) is 25.8. The lowest BCUT2D eigenvalue weighted by Gasteiger charge is -2.37. The quantitative estimate of drug-likeness (QED) is 0.797. The zero-order valence-electron chi connectivity index (χ0n) is 10.7. The van der Waals surface area contributed by atoms with Crippen LogP contribution in [0.25, 0.3) is 0 Å². The minimum atomic E-state index is -0.00733. The third-order valence-corrected chi connectivity index (χ3v) is 3.96. The molecule has 6 heteroatoms. The van der Waals surface area contributed by atoms with Gasteiger partial charge in [-0.2, -0.15) is 5.26 Å². The highest BCUT2D eigenvalue weighted by molar-refractivity contribution is 5.77. The summed E-state index contributed by atoms with van der Waals surface area (Å²) in [6.45, 7) is 1.58. The number of amides is 2. The van der Waals surface area contributed by atoms with Gasteiger partial charge in [0.15, 0.2) is 0 Å². The van der Waals surface area contributed by atoms with Crippen LogP contribution in [0.15, 0.2) is 18.5 Å². The van der Waals surface area contributed by atoms with Gasteiger partial charge in [-0.05, 0) is 12.5 Å². The summed E-state index contributed by atoms with van der Waals surface area (Å²) in [5.41, 5.74) is 1.48. The highest BCUT2D eigenvalue weighted by Crippen LogP contribution is 2.27. The molecular formula is C13H15N5O. The maximum absolute atomic E-state index is 11.6. The van der Waals surface area contributed by atoms with E-state index in [1.165, 1.54) is 0 Å². The lowest BCUT2D eigenvalue weighted by atomic mass is 9.99. The van der Waals surface area contributed by atoms with Gasteiger partial charge in [-0.15, -0.1) is 0 Å². The number of hydrogen-bond acceptors (Lipinski definition) is 4. The number of aromatic nitrogens is 1. The van der Waals surface area contributed by atoms with Crippen LogP contribution in [0.5, 0.6) is 0 Å². The van der Waals surface area contributed by atoms with Crippen LogP contribution >= 0.6 is 0 Å². The molecule has 3 rings (SSSR count). The van der Waals surface area contributed by atoms with Gasteiger partial charge >= 0.3 is 6.03 Å². The number of nitriles is 1. The zero-order chi connectivity index (χ0) is 13.4. The third kappa shape index (κ3) is 1.87. The van der Waals surface area contributed by atoms with Crippen LogP contribution in [0.3, 0.4) is 0 Å². The van der Waals surface area contributed by atoms with Gasteiger partial charge in [-0.25, -0.2) is 4.79 Å². The maximum atomic E-state index is 11.6. The monoisotopic (exact) mass is 257 g/mol. The van der Waals surface area contributed by atoms with Crippen LogP contribution in [0.2, 0.25) is 0 Å². The topological polar surface area (TPSA) is 72.3 Å². The molecule has 2 saturated heterocycles. The molecule has 0 radical (unpaired) electrons. The van der Waals surface area contributed by atoms with E-state index in [4.69, 9.17) is 5.26 Å². The van der Waals surface area contributed by atoms with Crippen molar-refractivity contribution in [2.24, 2.45) is 0 Å². The van der Waals surface area contributed by atoms with Gasteiger partial charge in [-0.1, -0.05) is 0 Å². The Balaban J connectivity index is 1.83. The van der Waals surface area contributed by atoms with Crippen molar-refractivity contribution in [3.8, 4) is 6.07 Å². The summed E-state index contributed by atoms with van der Waals surface area (Å²) in [6, 6.07) is 4.41. The predicted octanol–water partition coefficient (Wildman–Crippen LogP) is 0.556. The highest BCUT2D eigenvalue weighted by atomic mass is 16.2. The number of piperidine rings is 1. The predicted molar refractivity (Wildman–Crippen MR) is 69.7 cm³/mol. The molecule has 0 saturated carbocycles. The third-order valence-electron chi connectivity index (χ3n) is 3.96. The fourth-order valence-corrected chi connectivity index (χ4v) is 2.92. The van der Waals surface area contributed by atoms with E-state index in [0.717, 1.165) is 25.2 Å². The maximum Gasteiger partial charge on any atom is 0.317 e. The molecule has 1 N–H and O–H groups in total. The summed E-state index contributed by atoms with van der Waals surface area (Å²) in [4.78, 5) is 19.5. The van der Waals surface area contributed by atoms with Gasteiger partial charge in [0.1, 0.15) is 6.07 Å². The average molecular weight is 257 g/mol. The number of urea groups is 1. The Morgan fingerprint density at radius 1 is 1.58 bits per heavy atom. The minimum absolute atomic E-state index is 0.00733. The van der Waals surface area contributed by atoms with Crippen molar-refractivity contribution >= 4 is 11.7 Å². The number of carbonyl (C=O) groups excluding carboxylic acids is 1. The summed E-state index contributed by atoms with van der Waals surface area (Å²) in [5, 5.41) is 12.1. The van der Waals surface area contributed by atoms with E-state index in [0.29, 0.717) is 5.56 Å². The summed E-state index contributed by atoms with van der Waals surface area (Å²) < 4.78 is 0. The first-order chi connectivity index (χ1) is 9.20. The summed E-state index contributed by atoms with van der Waals surface area (Å²) in [7, 11) is 1.84. The molecule has 2 amide bonds. The molecular weight excluding hydrogens is 242 g/mol. The average Bonchev–Trinajstić information content (AvgIpc) is 2.73. The van der Waals surface area contributed by atoms with Crippen molar-refractivity contribution in [2.45, 2.75) is 18.5 Å². The number of carbonyl (C=O) groups is 1. The van der Waals surface area contributed by atoms with Crippen LogP contribution in [-0.2, 0) is 0 Å². The Labute approximate surface area is 111 Å². The second-order valence-electron chi connectivity index (χ2n) is 4.97. The first-order valence-corrected chi connectivity index (χ1v) is 6.33. The van der Waals surface area contributed by atoms with Gasteiger partial charge in [0, 0.05) is 32.5 Å². The van der Waals surface area contributed by atoms with Crippen LogP contribution in [0, 0.1) is 11.3 Å². The molecule has 3 heterocycles. The molecule has 2 fully saturated rings. The van der Waals surface area contributed by atoms with Crippen LogP contribution < -0.4 is 10.2 Å². The molecule has 0 unspecified atom stereocenters. The van der Waals surface area contributed by atoms with Crippen molar-refractivity contribution < 1.29 is 4.79 Å². The van der Waals surface area contributed by atoms with Crippen LogP contribution in [0.4, 0.5) is 10.5 Å². The summed E-state index contributed by atoms with van der Waals surface area (Å²) >= 11 is 0. The number of nitrogens with zero attached hydrogens (tertiary/aromatic N) is 4. The Morgan fingerprint density at radius 3 is 3.21 bits per heavy atom. The fraction of sp³-hybridized carbons (Fsp3) is 0.462. The first kappa shape index (κ1) is 11.8. The second kappa shape index (κ2) is 4.43. The van der Waals surface area contributed by atoms with Gasteiger partial charge < -0.3 is 15.1 Å². The van der Waals surface area contributed by atoms with Gasteiger partial charge in [0.25, 0.3) is 0 Å². The molecule has 1 aromatic heterocycles.